The van der Waals surface area contributed by atoms with Crippen molar-refractivity contribution in [3.8, 4) is 0 Å². The maximum Gasteiger partial charge on any atom is 0.253 e. The molecular weight excluding hydrogens is 412 g/mol. The molecule has 1 saturated carbocycles. The van der Waals surface area contributed by atoms with Crippen LogP contribution in [0.2, 0.25) is 0 Å². The van der Waals surface area contributed by atoms with E-state index in [1.807, 2.05) is 0 Å². The van der Waals surface area contributed by atoms with Gasteiger partial charge < -0.3 is 10.2 Å². The van der Waals surface area contributed by atoms with E-state index in [2.05, 4.69) is 12.2 Å². The molecule has 0 unspecified atom stereocenters. The molecule has 1 N–H and O–H groups in total. The van der Waals surface area contributed by atoms with Gasteiger partial charge in [0.1, 0.15) is 0 Å². The number of carbonyl (C=O) groups is 2. The van der Waals surface area contributed by atoms with Gasteiger partial charge in [0.05, 0.1) is 17.1 Å². The smallest absolute Gasteiger partial charge is 0.253 e. The number of amides is 2. The number of carbonyl (C=O) groups excluding carboxylic acids is 2. The molecule has 1 aliphatic rings. The number of unbranched alkanes of at least 4 members (excludes halogenated alkanes) is 1. The zero-order valence-corrected chi connectivity index (χ0v) is 19.0. The standard InChI is InChI=1S/C24H30N2O4S/c1-3-4-15-26(2)24(28)20-9-11-21(12-10-20)25-23(27)16-18-7-13-22(14-8-18)31(29,30)17-19-5-6-19/h7-14,19H,3-6,15-17H2,1-2H3,(H,25,27). The largest absolute Gasteiger partial charge is 0.342 e. The fraction of sp³-hybridized carbons (Fsp3) is 0.417. The van der Waals surface area contributed by atoms with Crippen molar-refractivity contribution in [1.29, 1.82) is 0 Å². The Kier molecular flexibility index (Phi) is 7.49. The first-order chi connectivity index (χ1) is 14.8. The van der Waals surface area contributed by atoms with Gasteiger partial charge in [0.15, 0.2) is 9.84 Å². The third-order valence-corrected chi connectivity index (χ3v) is 7.31. The minimum absolute atomic E-state index is 0.0388. The molecule has 0 heterocycles. The number of hydrogen-bond acceptors (Lipinski definition) is 4. The molecule has 6 nitrogen and oxygen atoms in total. The van der Waals surface area contributed by atoms with E-state index < -0.39 is 9.84 Å². The minimum Gasteiger partial charge on any atom is -0.342 e. The van der Waals surface area contributed by atoms with Crippen molar-refractivity contribution in [3.63, 3.8) is 0 Å². The summed E-state index contributed by atoms with van der Waals surface area (Å²) in [5, 5.41) is 2.82. The fourth-order valence-electron chi connectivity index (χ4n) is 3.31. The third-order valence-electron chi connectivity index (χ3n) is 5.41. The predicted octanol–water partition coefficient (Wildman–Crippen LogP) is 3.92. The summed E-state index contributed by atoms with van der Waals surface area (Å²) in [5.41, 5.74) is 1.94. The SMILES string of the molecule is CCCCN(C)C(=O)c1ccc(NC(=O)Cc2ccc(S(=O)(=O)CC3CC3)cc2)cc1. The van der Waals surface area contributed by atoms with Crippen LogP contribution in [0.25, 0.3) is 0 Å². The zero-order chi connectivity index (χ0) is 22.4. The zero-order valence-electron chi connectivity index (χ0n) is 18.1. The molecule has 3 rings (SSSR count). The molecule has 0 aromatic heterocycles. The van der Waals surface area contributed by atoms with E-state index in [9.17, 15) is 18.0 Å². The van der Waals surface area contributed by atoms with Crippen LogP contribution in [0.4, 0.5) is 5.69 Å². The van der Waals surface area contributed by atoms with Crippen molar-refractivity contribution in [2.45, 2.75) is 43.9 Å². The van der Waals surface area contributed by atoms with Gasteiger partial charge in [-0.1, -0.05) is 25.5 Å². The molecule has 0 spiro atoms. The van der Waals surface area contributed by atoms with Gasteiger partial charge in [0.2, 0.25) is 5.91 Å². The number of sulfone groups is 1. The van der Waals surface area contributed by atoms with Gasteiger partial charge in [-0.05, 0) is 67.1 Å². The molecule has 0 atom stereocenters. The minimum atomic E-state index is -3.25. The van der Waals surface area contributed by atoms with Crippen molar-refractivity contribution in [2.24, 2.45) is 5.92 Å². The highest BCUT2D eigenvalue weighted by atomic mass is 32.2. The first kappa shape index (κ1) is 23.0. The normalized spacial score (nSPS) is 13.6. The summed E-state index contributed by atoms with van der Waals surface area (Å²) in [6.45, 7) is 2.80. The van der Waals surface area contributed by atoms with Crippen LogP contribution >= 0.6 is 0 Å². The molecule has 2 amide bonds. The van der Waals surface area contributed by atoms with E-state index in [1.54, 1.807) is 60.5 Å². The van der Waals surface area contributed by atoms with Gasteiger partial charge >= 0.3 is 0 Å². The van der Waals surface area contributed by atoms with E-state index in [-0.39, 0.29) is 24.0 Å². The molecule has 166 valence electrons. The number of nitrogens with zero attached hydrogens (tertiary/aromatic N) is 1. The molecule has 2 aromatic carbocycles. The first-order valence-corrected chi connectivity index (χ1v) is 12.4. The van der Waals surface area contributed by atoms with Crippen LogP contribution in [0.1, 0.15) is 48.5 Å². The molecule has 2 aromatic rings. The van der Waals surface area contributed by atoms with E-state index in [0.29, 0.717) is 28.6 Å². The molecule has 1 fully saturated rings. The van der Waals surface area contributed by atoms with Gasteiger partial charge in [-0.2, -0.15) is 0 Å². The molecule has 0 bridgehead atoms. The second-order valence-corrected chi connectivity index (χ2v) is 10.3. The highest BCUT2D eigenvalue weighted by molar-refractivity contribution is 7.91. The Hall–Kier alpha value is -2.67. The fourth-order valence-corrected chi connectivity index (χ4v) is 5.01. The average Bonchev–Trinajstić information content (AvgIpc) is 3.55. The number of benzene rings is 2. The Morgan fingerprint density at radius 1 is 1.03 bits per heavy atom. The number of hydrogen-bond donors (Lipinski definition) is 1. The molecule has 7 heteroatoms. The number of anilines is 1. The lowest BCUT2D eigenvalue weighted by molar-refractivity contribution is -0.115. The summed E-state index contributed by atoms with van der Waals surface area (Å²) < 4.78 is 24.6. The molecular formula is C24H30N2O4S. The lowest BCUT2D eigenvalue weighted by atomic mass is 10.1. The van der Waals surface area contributed by atoms with E-state index in [4.69, 9.17) is 0 Å². The Labute approximate surface area is 184 Å². The van der Waals surface area contributed by atoms with Crippen LogP contribution in [0.3, 0.4) is 0 Å². The quantitative estimate of drug-likeness (QED) is 0.604. The van der Waals surface area contributed by atoms with Gasteiger partial charge in [-0.15, -0.1) is 0 Å². The van der Waals surface area contributed by atoms with E-state index >= 15 is 0 Å². The first-order valence-electron chi connectivity index (χ1n) is 10.8. The van der Waals surface area contributed by atoms with Crippen molar-refractivity contribution >= 4 is 27.3 Å². The Morgan fingerprint density at radius 3 is 2.26 bits per heavy atom. The second kappa shape index (κ2) is 10.1. The van der Waals surface area contributed by atoms with Crippen LogP contribution < -0.4 is 5.32 Å². The Morgan fingerprint density at radius 2 is 1.68 bits per heavy atom. The Bertz CT molecular complexity index is 1010. The highest BCUT2D eigenvalue weighted by Gasteiger charge is 2.28. The van der Waals surface area contributed by atoms with Crippen molar-refractivity contribution in [1.82, 2.24) is 4.90 Å². The van der Waals surface area contributed by atoms with E-state index in [1.165, 1.54) is 0 Å². The van der Waals surface area contributed by atoms with Crippen LogP contribution in [0.15, 0.2) is 53.4 Å². The monoisotopic (exact) mass is 442 g/mol. The third kappa shape index (κ3) is 6.66. The number of nitrogens with one attached hydrogen (secondary N) is 1. The van der Waals surface area contributed by atoms with Gasteiger partial charge in [0.25, 0.3) is 5.91 Å². The molecule has 0 saturated heterocycles. The Balaban J connectivity index is 1.54. The van der Waals surface area contributed by atoms with Gasteiger partial charge in [0, 0.05) is 24.8 Å². The van der Waals surface area contributed by atoms with Crippen molar-refractivity contribution in [2.75, 3.05) is 24.7 Å². The average molecular weight is 443 g/mol. The lowest BCUT2D eigenvalue weighted by Gasteiger charge is -2.17. The van der Waals surface area contributed by atoms with Crippen LogP contribution in [-0.4, -0.2) is 44.5 Å². The van der Waals surface area contributed by atoms with Gasteiger partial charge in [-0.3, -0.25) is 9.59 Å². The maximum atomic E-state index is 12.4. The summed E-state index contributed by atoms with van der Waals surface area (Å²) in [4.78, 5) is 26.8. The summed E-state index contributed by atoms with van der Waals surface area (Å²) >= 11 is 0. The molecule has 0 aliphatic heterocycles. The van der Waals surface area contributed by atoms with Crippen molar-refractivity contribution < 1.29 is 18.0 Å². The van der Waals surface area contributed by atoms with Crippen molar-refractivity contribution in [3.05, 3.63) is 59.7 Å². The summed E-state index contributed by atoms with van der Waals surface area (Å²) in [7, 11) is -1.46. The maximum absolute atomic E-state index is 12.4. The predicted molar refractivity (Wildman–Crippen MR) is 122 cm³/mol. The van der Waals surface area contributed by atoms with Crippen LogP contribution in [0, 0.1) is 5.92 Å². The summed E-state index contributed by atoms with van der Waals surface area (Å²) in [6, 6.07) is 13.4. The topological polar surface area (TPSA) is 83.6 Å². The number of rotatable bonds is 10. The second-order valence-electron chi connectivity index (χ2n) is 8.25. The lowest BCUT2D eigenvalue weighted by Crippen LogP contribution is -2.27. The summed E-state index contributed by atoms with van der Waals surface area (Å²) in [6.07, 6.45) is 4.11. The molecule has 1 aliphatic carbocycles. The van der Waals surface area contributed by atoms with Crippen LogP contribution in [-0.2, 0) is 21.1 Å². The van der Waals surface area contributed by atoms with Gasteiger partial charge in [-0.25, -0.2) is 8.42 Å². The molecule has 0 radical (unpaired) electrons. The highest BCUT2D eigenvalue weighted by Crippen LogP contribution is 2.32. The molecule has 31 heavy (non-hydrogen) atoms. The van der Waals surface area contributed by atoms with E-state index in [0.717, 1.165) is 31.2 Å². The summed E-state index contributed by atoms with van der Waals surface area (Å²) in [5.74, 6) is 0.268. The van der Waals surface area contributed by atoms with Crippen LogP contribution in [0.5, 0.6) is 0 Å².